The van der Waals surface area contributed by atoms with Crippen LogP contribution in [0, 0.1) is 0 Å². The molecule has 18 heavy (non-hydrogen) atoms. The molecule has 0 amide bonds. The summed E-state index contributed by atoms with van der Waals surface area (Å²) in [4.78, 5) is 0. The normalized spacial score (nSPS) is 13.4. The topological polar surface area (TPSA) is 41.5 Å². The highest BCUT2D eigenvalue weighted by molar-refractivity contribution is 5.39. The Balaban J connectivity index is 3.01. The summed E-state index contributed by atoms with van der Waals surface area (Å²) in [6, 6.07) is 3.88. The third-order valence-electron chi connectivity index (χ3n) is 2.21. The van der Waals surface area contributed by atoms with Crippen LogP contribution in [0.1, 0.15) is 18.1 Å². The van der Waals surface area contributed by atoms with E-state index in [9.17, 15) is 13.2 Å². The van der Waals surface area contributed by atoms with E-state index >= 15 is 0 Å². The molecule has 0 saturated carbocycles. The molecule has 2 N–H and O–H groups in total. The zero-order chi connectivity index (χ0) is 13.8. The predicted molar refractivity (Wildman–Crippen MR) is 61.4 cm³/mol. The van der Waals surface area contributed by atoms with Crippen molar-refractivity contribution < 1.29 is 23.0 Å². The second-order valence-corrected chi connectivity index (χ2v) is 4.02. The first-order valence-corrected chi connectivity index (χ1v) is 5.50. The van der Waals surface area contributed by atoms with Crippen LogP contribution in [0.2, 0.25) is 0 Å². The second-order valence-electron chi connectivity index (χ2n) is 4.02. The van der Waals surface area contributed by atoms with Gasteiger partial charge in [0.25, 0.3) is 0 Å². The highest BCUT2D eigenvalue weighted by Crippen LogP contribution is 2.36. The number of hydrogen-bond acceptors (Lipinski definition) is 3. The van der Waals surface area contributed by atoms with E-state index in [4.69, 9.17) is 9.84 Å². The smallest absolute Gasteiger partial charge is 0.419 e. The van der Waals surface area contributed by atoms with Gasteiger partial charge in [0, 0.05) is 6.54 Å². The van der Waals surface area contributed by atoms with Gasteiger partial charge in [-0.05, 0) is 31.7 Å². The van der Waals surface area contributed by atoms with Gasteiger partial charge in [0.2, 0.25) is 0 Å². The first-order valence-electron chi connectivity index (χ1n) is 5.50. The molecule has 6 heteroatoms. The van der Waals surface area contributed by atoms with E-state index in [1.165, 1.54) is 13.0 Å². The fourth-order valence-electron chi connectivity index (χ4n) is 1.45. The van der Waals surface area contributed by atoms with Crippen LogP contribution in [-0.4, -0.2) is 24.9 Å². The van der Waals surface area contributed by atoms with Crippen molar-refractivity contribution >= 4 is 0 Å². The molecular weight excluding hydrogens is 247 g/mol. The Hall–Kier alpha value is -1.27. The van der Waals surface area contributed by atoms with Crippen molar-refractivity contribution in [3.8, 4) is 5.75 Å². The van der Waals surface area contributed by atoms with Crippen molar-refractivity contribution in [2.45, 2.75) is 25.7 Å². The lowest BCUT2D eigenvalue weighted by atomic mass is 10.1. The van der Waals surface area contributed by atoms with Crippen molar-refractivity contribution in [1.82, 2.24) is 5.32 Å². The van der Waals surface area contributed by atoms with E-state index in [1.807, 2.05) is 0 Å². The molecule has 0 fully saturated rings. The summed E-state index contributed by atoms with van der Waals surface area (Å²) in [5.74, 6) is -0.261. The molecule has 1 aromatic rings. The van der Waals surface area contributed by atoms with Gasteiger partial charge in [0.05, 0.1) is 11.7 Å². The molecule has 0 aromatic heterocycles. The Morgan fingerprint density at radius 2 is 2.06 bits per heavy atom. The molecule has 1 rings (SSSR count). The summed E-state index contributed by atoms with van der Waals surface area (Å²) in [7, 11) is 1.66. The fraction of sp³-hybridized carbons (Fsp3) is 0.500. The lowest BCUT2D eigenvalue weighted by molar-refractivity contribution is -0.139. The van der Waals surface area contributed by atoms with Crippen molar-refractivity contribution in [2.75, 3.05) is 13.7 Å². The molecule has 0 aliphatic rings. The quantitative estimate of drug-likeness (QED) is 0.855. The first-order chi connectivity index (χ1) is 8.34. The van der Waals surface area contributed by atoms with Crippen molar-refractivity contribution in [3.05, 3.63) is 29.3 Å². The van der Waals surface area contributed by atoms with Gasteiger partial charge >= 0.3 is 6.18 Å². The van der Waals surface area contributed by atoms with Crippen molar-refractivity contribution in [1.29, 1.82) is 0 Å². The third-order valence-corrected chi connectivity index (χ3v) is 2.21. The maximum atomic E-state index is 12.8. The molecule has 1 atom stereocenters. The van der Waals surface area contributed by atoms with Crippen LogP contribution in [-0.2, 0) is 12.7 Å². The molecule has 1 unspecified atom stereocenters. The molecule has 0 saturated heterocycles. The predicted octanol–water partition coefficient (Wildman–Crippen LogP) is 2.18. The van der Waals surface area contributed by atoms with E-state index < -0.39 is 17.8 Å². The Morgan fingerprint density at radius 1 is 1.39 bits per heavy atom. The maximum Gasteiger partial charge on any atom is 0.419 e. The number of halogens is 3. The van der Waals surface area contributed by atoms with Crippen LogP contribution in [0.5, 0.6) is 5.75 Å². The van der Waals surface area contributed by atoms with Crippen LogP contribution in [0.3, 0.4) is 0 Å². The number of alkyl halides is 3. The molecule has 0 aliphatic carbocycles. The average molecular weight is 263 g/mol. The van der Waals surface area contributed by atoms with Crippen molar-refractivity contribution in [3.63, 3.8) is 0 Å². The summed E-state index contributed by atoms with van der Waals surface area (Å²) in [5.41, 5.74) is -0.301. The highest BCUT2D eigenvalue weighted by Gasteiger charge is 2.34. The molecule has 3 nitrogen and oxygen atoms in total. The van der Waals surface area contributed by atoms with Gasteiger partial charge in [-0.3, -0.25) is 0 Å². The van der Waals surface area contributed by atoms with Gasteiger partial charge in [-0.1, -0.05) is 6.07 Å². The first kappa shape index (κ1) is 14.8. The summed E-state index contributed by atoms with van der Waals surface area (Å²) in [6.07, 6.45) is -5.29. The van der Waals surface area contributed by atoms with Crippen LogP contribution < -0.4 is 10.1 Å². The van der Waals surface area contributed by atoms with Gasteiger partial charge in [0.15, 0.2) is 0 Å². The third kappa shape index (κ3) is 4.19. The number of hydrogen-bond donors (Lipinski definition) is 2. The summed E-state index contributed by atoms with van der Waals surface area (Å²) in [6.45, 7) is 1.62. The van der Waals surface area contributed by atoms with Crippen LogP contribution >= 0.6 is 0 Å². The monoisotopic (exact) mass is 263 g/mol. The van der Waals surface area contributed by atoms with Crippen LogP contribution in [0.15, 0.2) is 18.2 Å². The van der Waals surface area contributed by atoms with Crippen molar-refractivity contribution in [2.24, 2.45) is 0 Å². The van der Waals surface area contributed by atoms with Gasteiger partial charge in [0.1, 0.15) is 12.4 Å². The lowest BCUT2D eigenvalue weighted by Crippen LogP contribution is -2.16. The van der Waals surface area contributed by atoms with E-state index in [1.54, 1.807) is 13.1 Å². The lowest BCUT2D eigenvalue weighted by Gasteiger charge is -2.16. The average Bonchev–Trinajstić information content (AvgIpc) is 2.26. The summed E-state index contributed by atoms with van der Waals surface area (Å²) in [5, 5.41) is 11.8. The van der Waals surface area contributed by atoms with E-state index in [2.05, 4.69) is 5.32 Å². The van der Waals surface area contributed by atoms with Gasteiger partial charge < -0.3 is 15.2 Å². The molecule has 0 bridgehead atoms. The summed E-state index contributed by atoms with van der Waals surface area (Å²) < 4.78 is 43.5. The van der Waals surface area contributed by atoms with Gasteiger partial charge in [-0.25, -0.2) is 0 Å². The number of ether oxygens (including phenoxy) is 1. The molecule has 0 aliphatic heterocycles. The highest BCUT2D eigenvalue weighted by atomic mass is 19.4. The minimum absolute atomic E-state index is 0.172. The van der Waals surface area contributed by atoms with E-state index in [0.29, 0.717) is 12.1 Å². The van der Waals surface area contributed by atoms with E-state index in [0.717, 1.165) is 6.07 Å². The number of nitrogens with one attached hydrogen (secondary N) is 1. The molecule has 0 spiro atoms. The molecule has 1 aromatic carbocycles. The van der Waals surface area contributed by atoms with E-state index in [-0.39, 0.29) is 12.4 Å². The Labute approximate surface area is 104 Å². The fourth-order valence-corrected chi connectivity index (χ4v) is 1.45. The molecule has 0 heterocycles. The number of benzene rings is 1. The SMILES string of the molecule is CNCc1ccc(OCC(C)O)c(C(F)(F)F)c1. The summed E-state index contributed by atoms with van der Waals surface area (Å²) >= 11 is 0. The Kier molecular flexibility index (Phi) is 4.98. The zero-order valence-corrected chi connectivity index (χ0v) is 10.2. The number of aliphatic hydroxyl groups is 1. The zero-order valence-electron chi connectivity index (χ0n) is 10.2. The Bertz CT molecular complexity index is 391. The standard InChI is InChI=1S/C12H16F3NO2/c1-8(17)7-18-11-4-3-9(6-16-2)5-10(11)12(13,14)15/h3-5,8,16-17H,6-7H2,1-2H3. The second kappa shape index (κ2) is 6.06. The van der Waals surface area contributed by atoms with Gasteiger partial charge in [-0.2, -0.15) is 13.2 Å². The maximum absolute atomic E-state index is 12.8. The Morgan fingerprint density at radius 3 is 2.56 bits per heavy atom. The minimum atomic E-state index is -4.47. The number of aliphatic hydroxyl groups excluding tert-OH is 1. The van der Waals surface area contributed by atoms with Crippen LogP contribution in [0.25, 0.3) is 0 Å². The molecule has 102 valence electrons. The molecule has 0 radical (unpaired) electrons. The van der Waals surface area contributed by atoms with Gasteiger partial charge in [-0.15, -0.1) is 0 Å². The van der Waals surface area contributed by atoms with Crippen LogP contribution in [0.4, 0.5) is 13.2 Å². The molecular formula is C12H16F3NO2. The minimum Gasteiger partial charge on any atom is -0.490 e. The largest absolute Gasteiger partial charge is 0.490 e. The number of rotatable bonds is 5.